The van der Waals surface area contributed by atoms with Crippen LogP contribution in [0.4, 0.5) is 0 Å². The molecule has 2 aliphatic heterocycles. The lowest BCUT2D eigenvalue weighted by molar-refractivity contribution is -0.120. The smallest absolute Gasteiger partial charge is 0.220 e. The summed E-state index contributed by atoms with van der Waals surface area (Å²) in [7, 11) is 0. The topological polar surface area (TPSA) is 41.1 Å². The van der Waals surface area contributed by atoms with Crippen molar-refractivity contribution >= 4 is 5.91 Å². The van der Waals surface area contributed by atoms with Crippen molar-refractivity contribution in [2.45, 2.75) is 50.6 Å². The van der Waals surface area contributed by atoms with Crippen molar-refractivity contribution in [2.24, 2.45) is 0 Å². The van der Waals surface area contributed by atoms with E-state index in [1.807, 2.05) is 0 Å². The minimum absolute atomic E-state index is 0.101. The van der Waals surface area contributed by atoms with E-state index in [2.05, 4.69) is 17.6 Å². The molecule has 74 valence electrons. The summed E-state index contributed by atoms with van der Waals surface area (Å²) < 4.78 is 0. The average molecular weight is 182 g/mol. The van der Waals surface area contributed by atoms with E-state index in [1.54, 1.807) is 0 Å². The van der Waals surface area contributed by atoms with Crippen LogP contribution in [0.3, 0.4) is 0 Å². The third kappa shape index (κ3) is 1.46. The standard InChI is InChI=1S/C10H18N2O/c1-2-8-10(5-3-7-11-8)6-4-9(13)12-10/h8,11H,2-7H2,1H3,(H,12,13)/t8-,10+/m1/s1. The summed E-state index contributed by atoms with van der Waals surface area (Å²) in [4.78, 5) is 11.2. The van der Waals surface area contributed by atoms with Gasteiger partial charge in [-0.2, -0.15) is 0 Å². The third-order valence-electron chi connectivity index (χ3n) is 3.45. The quantitative estimate of drug-likeness (QED) is 0.629. The molecule has 13 heavy (non-hydrogen) atoms. The Kier molecular flexibility index (Phi) is 2.28. The molecule has 1 amide bonds. The zero-order chi connectivity index (χ0) is 9.31. The lowest BCUT2D eigenvalue weighted by Gasteiger charge is -2.41. The fourth-order valence-electron chi connectivity index (χ4n) is 2.77. The highest BCUT2D eigenvalue weighted by Crippen LogP contribution is 2.32. The van der Waals surface area contributed by atoms with Gasteiger partial charge in [-0.3, -0.25) is 4.79 Å². The maximum Gasteiger partial charge on any atom is 0.220 e. The summed E-state index contributed by atoms with van der Waals surface area (Å²) in [5, 5.41) is 6.68. The number of amides is 1. The molecule has 0 unspecified atom stereocenters. The van der Waals surface area contributed by atoms with Crippen LogP contribution in [-0.2, 0) is 4.79 Å². The van der Waals surface area contributed by atoms with Gasteiger partial charge in [0.1, 0.15) is 0 Å². The summed E-state index contributed by atoms with van der Waals surface area (Å²) in [6, 6.07) is 0.493. The Bertz CT molecular complexity index is 217. The zero-order valence-electron chi connectivity index (χ0n) is 8.23. The van der Waals surface area contributed by atoms with E-state index < -0.39 is 0 Å². The number of carbonyl (C=O) groups is 1. The van der Waals surface area contributed by atoms with Gasteiger partial charge >= 0.3 is 0 Å². The first kappa shape index (κ1) is 9.00. The molecule has 2 saturated heterocycles. The molecule has 0 aromatic heterocycles. The predicted molar refractivity (Wildman–Crippen MR) is 51.4 cm³/mol. The van der Waals surface area contributed by atoms with E-state index in [4.69, 9.17) is 0 Å². The van der Waals surface area contributed by atoms with E-state index in [-0.39, 0.29) is 11.4 Å². The van der Waals surface area contributed by atoms with Crippen LogP contribution in [0.15, 0.2) is 0 Å². The Morgan fingerprint density at radius 3 is 3.00 bits per heavy atom. The highest BCUT2D eigenvalue weighted by atomic mass is 16.2. The van der Waals surface area contributed by atoms with Crippen molar-refractivity contribution < 1.29 is 4.79 Å². The summed E-state index contributed by atoms with van der Waals surface area (Å²) >= 11 is 0. The molecule has 0 aromatic carbocycles. The van der Waals surface area contributed by atoms with E-state index >= 15 is 0 Å². The van der Waals surface area contributed by atoms with Gasteiger partial charge in [0, 0.05) is 12.5 Å². The van der Waals surface area contributed by atoms with Gasteiger partial charge in [0.15, 0.2) is 0 Å². The normalized spacial score (nSPS) is 39.5. The van der Waals surface area contributed by atoms with Crippen LogP contribution in [0.2, 0.25) is 0 Å². The number of piperidine rings is 1. The van der Waals surface area contributed by atoms with E-state index in [0.29, 0.717) is 6.04 Å². The molecule has 2 N–H and O–H groups in total. The van der Waals surface area contributed by atoms with Gasteiger partial charge < -0.3 is 10.6 Å². The Hall–Kier alpha value is -0.570. The molecule has 0 bridgehead atoms. The number of nitrogens with one attached hydrogen (secondary N) is 2. The molecule has 2 atom stereocenters. The van der Waals surface area contributed by atoms with Crippen molar-refractivity contribution in [3.63, 3.8) is 0 Å². The van der Waals surface area contributed by atoms with Crippen LogP contribution >= 0.6 is 0 Å². The van der Waals surface area contributed by atoms with Gasteiger partial charge in [0.2, 0.25) is 5.91 Å². The molecule has 2 aliphatic rings. The fourth-order valence-corrected chi connectivity index (χ4v) is 2.77. The molecule has 1 spiro atoms. The number of hydrogen-bond acceptors (Lipinski definition) is 2. The highest BCUT2D eigenvalue weighted by molar-refractivity contribution is 5.79. The minimum atomic E-state index is 0.101. The maximum atomic E-state index is 11.2. The summed E-state index contributed by atoms with van der Waals surface area (Å²) in [5.41, 5.74) is 0.101. The molecule has 2 heterocycles. The van der Waals surface area contributed by atoms with Crippen molar-refractivity contribution in [3.8, 4) is 0 Å². The Labute approximate surface area is 79.3 Å². The number of hydrogen-bond donors (Lipinski definition) is 2. The fraction of sp³-hybridized carbons (Fsp3) is 0.900. The van der Waals surface area contributed by atoms with Gasteiger partial charge in [-0.1, -0.05) is 6.92 Å². The maximum absolute atomic E-state index is 11.2. The first-order valence-corrected chi connectivity index (χ1v) is 5.31. The van der Waals surface area contributed by atoms with Crippen molar-refractivity contribution in [3.05, 3.63) is 0 Å². The lowest BCUT2D eigenvalue weighted by Crippen LogP contribution is -2.60. The second-order valence-corrected chi connectivity index (χ2v) is 4.22. The highest BCUT2D eigenvalue weighted by Gasteiger charge is 2.44. The van der Waals surface area contributed by atoms with Gasteiger partial charge in [-0.05, 0) is 32.2 Å². The summed E-state index contributed by atoms with van der Waals surface area (Å²) in [6.45, 7) is 3.30. The Morgan fingerprint density at radius 2 is 2.38 bits per heavy atom. The van der Waals surface area contributed by atoms with E-state index in [1.165, 1.54) is 6.42 Å². The van der Waals surface area contributed by atoms with Crippen molar-refractivity contribution in [1.82, 2.24) is 10.6 Å². The molecule has 2 fully saturated rings. The van der Waals surface area contributed by atoms with Gasteiger partial charge in [0.05, 0.1) is 5.54 Å². The number of carbonyl (C=O) groups excluding carboxylic acids is 1. The zero-order valence-corrected chi connectivity index (χ0v) is 8.23. The first-order valence-electron chi connectivity index (χ1n) is 5.31. The molecule has 2 rings (SSSR count). The predicted octanol–water partition coefficient (Wildman–Crippen LogP) is 0.797. The first-order chi connectivity index (χ1) is 6.27. The SMILES string of the molecule is CC[C@H]1NCCC[C@]12CCC(=O)N2. The second kappa shape index (κ2) is 3.29. The monoisotopic (exact) mass is 182 g/mol. The van der Waals surface area contributed by atoms with Gasteiger partial charge in [-0.25, -0.2) is 0 Å². The third-order valence-corrected chi connectivity index (χ3v) is 3.45. The molecule has 0 aliphatic carbocycles. The van der Waals surface area contributed by atoms with Crippen LogP contribution in [-0.4, -0.2) is 24.0 Å². The number of rotatable bonds is 1. The van der Waals surface area contributed by atoms with Crippen LogP contribution < -0.4 is 10.6 Å². The minimum Gasteiger partial charge on any atom is -0.349 e. The van der Waals surface area contributed by atoms with E-state index in [9.17, 15) is 4.79 Å². The van der Waals surface area contributed by atoms with E-state index in [0.717, 1.165) is 32.2 Å². The molecule has 3 nitrogen and oxygen atoms in total. The van der Waals surface area contributed by atoms with Crippen LogP contribution in [0.25, 0.3) is 0 Å². The van der Waals surface area contributed by atoms with Crippen LogP contribution in [0.5, 0.6) is 0 Å². The molecule has 0 radical (unpaired) electrons. The van der Waals surface area contributed by atoms with Gasteiger partial charge in [0.25, 0.3) is 0 Å². The molecule has 0 aromatic rings. The Morgan fingerprint density at radius 1 is 1.54 bits per heavy atom. The average Bonchev–Trinajstić information content (AvgIpc) is 2.49. The van der Waals surface area contributed by atoms with Gasteiger partial charge in [-0.15, -0.1) is 0 Å². The van der Waals surface area contributed by atoms with Crippen LogP contribution in [0.1, 0.15) is 39.0 Å². The second-order valence-electron chi connectivity index (χ2n) is 4.22. The molecular weight excluding hydrogens is 164 g/mol. The lowest BCUT2D eigenvalue weighted by atomic mass is 9.80. The van der Waals surface area contributed by atoms with Crippen molar-refractivity contribution in [1.29, 1.82) is 0 Å². The Balaban J connectivity index is 2.13. The molecule has 3 heteroatoms. The summed E-state index contributed by atoms with van der Waals surface area (Å²) in [5.74, 6) is 0.238. The summed E-state index contributed by atoms with van der Waals surface area (Å²) in [6.07, 6.45) is 5.21. The largest absolute Gasteiger partial charge is 0.349 e. The van der Waals surface area contributed by atoms with Crippen LogP contribution in [0, 0.1) is 0 Å². The molecular formula is C10H18N2O. The molecule has 0 saturated carbocycles. The van der Waals surface area contributed by atoms with Crippen molar-refractivity contribution in [2.75, 3.05) is 6.54 Å².